The number of β-amino-alcohol motifs (C(OH)–C–C–N with tert-alkyl or cyclic N) is 1. The summed E-state index contributed by atoms with van der Waals surface area (Å²) in [6.07, 6.45) is 10.0. The normalized spacial score (nSPS) is 28.1. The molecule has 0 amide bonds. The number of phenols is 1. The number of hydrogen-bond acceptors (Lipinski definition) is 10. The van der Waals surface area contributed by atoms with Gasteiger partial charge in [0.2, 0.25) is 5.88 Å². The van der Waals surface area contributed by atoms with Crippen molar-refractivity contribution in [2.75, 3.05) is 58.0 Å². The molecule has 4 heterocycles. The number of piperidine rings is 1. The third-order valence-electron chi connectivity index (χ3n) is 12.0. The zero-order chi connectivity index (χ0) is 38.2. The Bertz CT molecular complexity index is 2180. The van der Waals surface area contributed by atoms with Gasteiger partial charge in [0.25, 0.3) is 5.92 Å². The Hall–Kier alpha value is -4.45. The van der Waals surface area contributed by atoms with E-state index in [1.807, 2.05) is 0 Å². The van der Waals surface area contributed by atoms with Crippen molar-refractivity contribution in [2.45, 2.75) is 63.5 Å². The first kappa shape index (κ1) is 36.5. The number of likely N-dealkylation sites (tertiary alicyclic amines) is 1. The number of ether oxygens (including phenoxy) is 3. The summed E-state index contributed by atoms with van der Waals surface area (Å²) < 4.78 is 78.9. The molecule has 2 saturated carbocycles. The molecule has 286 valence electrons. The molecule has 54 heavy (non-hydrogen) atoms. The highest BCUT2D eigenvalue weighted by molar-refractivity contribution is 6.04. The molecule has 2 aromatic carbocycles. The maximum absolute atomic E-state index is 17.3. The van der Waals surface area contributed by atoms with Crippen LogP contribution in [-0.4, -0.2) is 101 Å². The Morgan fingerprint density at radius 3 is 2.61 bits per heavy atom. The fourth-order valence-electron chi connectivity index (χ4n) is 9.19. The van der Waals surface area contributed by atoms with Crippen LogP contribution in [-0.2, 0) is 4.74 Å². The summed E-state index contributed by atoms with van der Waals surface area (Å²) in [5.41, 5.74) is -2.25. The monoisotopic (exact) mass is 749 g/mol. The van der Waals surface area contributed by atoms with Gasteiger partial charge >= 0.3 is 6.01 Å². The Labute approximate surface area is 310 Å². The largest absolute Gasteiger partial charge is 0.508 e. The molecule has 10 nitrogen and oxygen atoms in total. The maximum atomic E-state index is 17.3. The molecule has 2 N–H and O–H groups in total. The Kier molecular flexibility index (Phi) is 9.05. The number of aromatic hydroxyl groups is 1. The van der Waals surface area contributed by atoms with Gasteiger partial charge in [-0.15, -0.1) is 6.42 Å². The van der Waals surface area contributed by atoms with E-state index in [-0.39, 0.29) is 101 Å². The first-order valence-corrected chi connectivity index (χ1v) is 18.4. The van der Waals surface area contributed by atoms with Gasteiger partial charge in [-0.3, -0.25) is 4.90 Å². The van der Waals surface area contributed by atoms with Crippen molar-refractivity contribution in [2.24, 2.45) is 17.3 Å². The summed E-state index contributed by atoms with van der Waals surface area (Å²) in [7, 11) is 1.36. The van der Waals surface area contributed by atoms with Crippen molar-refractivity contribution in [3.8, 4) is 41.2 Å². The number of aromatic nitrogens is 3. The highest BCUT2D eigenvalue weighted by Gasteiger charge is 2.66. The summed E-state index contributed by atoms with van der Waals surface area (Å²) in [6, 6.07) is 5.18. The van der Waals surface area contributed by atoms with Gasteiger partial charge in [0.15, 0.2) is 5.82 Å². The number of halogens is 4. The van der Waals surface area contributed by atoms with Crippen LogP contribution in [0.1, 0.15) is 51.5 Å². The smallest absolute Gasteiger partial charge is 0.319 e. The SMILES string of the molecule is C#Cc1c(F)ccc2cc(O)cc(-c3nc(OC)c4c(N5CCOCC(C)(O)C5)nc(OCC56CCCC5N(CC5C(C)C5(F)F)CCC6)nc4c3F)c12. The molecule has 4 aromatic rings. The molecule has 2 aliphatic carbocycles. The summed E-state index contributed by atoms with van der Waals surface area (Å²) in [6.45, 7) is 5.15. The number of methoxy groups -OCH3 is 1. The van der Waals surface area contributed by atoms with Crippen LogP contribution in [0.25, 0.3) is 32.9 Å². The Morgan fingerprint density at radius 2 is 1.87 bits per heavy atom. The van der Waals surface area contributed by atoms with E-state index in [0.717, 1.165) is 38.6 Å². The van der Waals surface area contributed by atoms with E-state index < -0.39 is 35.0 Å². The molecule has 0 spiro atoms. The zero-order valence-corrected chi connectivity index (χ0v) is 30.5. The van der Waals surface area contributed by atoms with Gasteiger partial charge in [0.1, 0.15) is 39.6 Å². The lowest BCUT2D eigenvalue weighted by Crippen LogP contribution is -2.52. The molecule has 14 heteroatoms. The van der Waals surface area contributed by atoms with Gasteiger partial charge < -0.3 is 29.3 Å². The predicted octanol–water partition coefficient (Wildman–Crippen LogP) is 6.32. The first-order chi connectivity index (χ1) is 25.8. The van der Waals surface area contributed by atoms with Crippen molar-refractivity contribution in [1.29, 1.82) is 0 Å². The minimum Gasteiger partial charge on any atom is -0.508 e. The highest BCUT2D eigenvalue weighted by Crippen LogP contribution is 2.57. The lowest BCUT2D eigenvalue weighted by Gasteiger charge is -2.46. The molecule has 8 rings (SSSR count). The number of terminal acetylenes is 1. The molecule has 5 atom stereocenters. The second-order valence-electron chi connectivity index (χ2n) is 15.7. The number of hydrogen-bond donors (Lipinski definition) is 2. The lowest BCUT2D eigenvalue weighted by atomic mass is 9.75. The van der Waals surface area contributed by atoms with Crippen LogP contribution in [0.15, 0.2) is 24.3 Å². The molecule has 2 aromatic heterocycles. The molecule has 2 saturated heterocycles. The van der Waals surface area contributed by atoms with Gasteiger partial charge in [-0.2, -0.15) is 9.97 Å². The number of rotatable bonds is 8. The van der Waals surface area contributed by atoms with Crippen molar-refractivity contribution in [3.05, 3.63) is 41.5 Å². The van der Waals surface area contributed by atoms with E-state index in [0.29, 0.717) is 11.9 Å². The number of nitrogens with zero attached hydrogens (tertiary/aromatic N) is 5. The average Bonchev–Trinajstić information content (AvgIpc) is 3.42. The summed E-state index contributed by atoms with van der Waals surface area (Å²) >= 11 is 0. The summed E-state index contributed by atoms with van der Waals surface area (Å²) in [5, 5.41) is 22.5. The third-order valence-corrected chi connectivity index (χ3v) is 12.0. The molecule has 5 unspecified atom stereocenters. The highest BCUT2D eigenvalue weighted by atomic mass is 19.3. The summed E-state index contributed by atoms with van der Waals surface area (Å²) in [5.74, 6) is -3.30. The minimum absolute atomic E-state index is 0.0226. The zero-order valence-electron chi connectivity index (χ0n) is 30.5. The second kappa shape index (κ2) is 13.4. The molecule has 2 aliphatic heterocycles. The second-order valence-corrected chi connectivity index (χ2v) is 15.7. The maximum Gasteiger partial charge on any atom is 0.319 e. The lowest BCUT2D eigenvalue weighted by molar-refractivity contribution is -0.0124. The topological polar surface area (TPSA) is 113 Å². The number of phenolic OH excluding ortho intramolecular Hbond substituents is 1. The van der Waals surface area contributed by atoms with Crippen molar-refractivity contribution in [3.63, 3.8) is 0 Å². The van der Waals surface area contributed by atoms with E-state index in [1.165, 1.54) is 31.4 Å². The van der Waals surface area contributed by atoms with E-state index in [4.69, 9.17) is 25.6 Å². The number of pyridine rings is 1. The fraction of sp³-hybridized carbons (Fsp3) is 0.525. The van der Waals surface area contributed by atoms with Crippen LogP contribution < -0.4 is 14.4 Å². The number of aliphatic hydroxyl groups is 1. The van der Waals surface area contributed by atoms with Crippen LogP contribution in [0, 0.1) is 41.2 Å². The molecule has 0 radical (unpaired) electrons. The molecule has 4 fully saturated rings. The van der Waals surface area contributed by atoms with Crippen LogP contribution in [0.2, 0.25) is 0 Å². The van der Waals surface area contributed by atoms with E-state index in [1.54, 1.807) is 18.7 Å². The molecule has 0 bridgehead atoms. The van der Waals surface area contributed by atoms with Crippen LogP contribution in [0.5, 0.6) is 17.6 Å². The van der Waals surface area contributed by atoms with Crippen LogP contribution in [0.4, 0.5) is 23.4 Å². The number of alkyl halides is 2. The third kappa shape index (κ3) is 6.14. The van der Waals surface area contributed by atoms with Gasteiger partial charge in [-0.25, -0.2) is 22.5 Å². The fourth-order valence-corrected chi connectivity index (χ4v) is 9.19. The average molecular weight is 750 g/mol. The van der Waals surface area contributed by atoms with Gasteiger partial charge in [0, 0.05) is 47.3 Å². The Balaban J connectivity index is 1.25. The van der Waals surface area contributed by atoms with Crippen molar-refractivity contribution >= 4 is 27.5 Å². The van der Waals surface area contributed by atoms with E-state index in [9.17, 15) is 19.0 Å². The number of fused-ring (bicyclic) bond motifs is 3. The molecular formula is C40H43F4N5O5. The number of anilines is 1. The molecule has 4 aliphatic rings. The summed E-state index contributed by atoms with van der Waals surface area (Å²) in [4.78, 5) is 17.9. The van der Waals surface area contributed by atoms with Crippen LogP contribution in [0.3, 0.4) is 0 Å². The van der Waals surface area contributed by atoms with Gasteiger partial charge in [0.05, 0.1) is 39.0 Å². The van der Waals surface area contributed by atoms with Crippen LogP contribution >= 0.6 is 0 Å². The predicted molar refractivity (Wildman–Crippen MR) is 194 cm³/mol. The van der Waals surface area contributed by atoms with Gasteiger partial charge in [-0.1, -0.05) is 25.3 Å². The first-order valence-electron chi connectivity index (χ1n) is 18.4. The Morgan fingerprint density at radius 1 is 1.09 bits per heavy atom. The minimum atomic E-state index is -2.65. The van der Waals surface area contributed by atoms with Gasteiger partial charge in [-0.05, 0) is 62.7 Å². The van der Waals surface area contributed by atoms with E-state index >= 15 is 8.78 Å². The van der Waals surface area contributed by atoms with Crippen molar-refractivity contribution < 1.29 is 42.0 Å². The number of benzene rings is 2. The van der Waals surface area contributed by atoms with E-state index in [2.05, 4.69) is 20.8 Å². The quantitative estimate of drug-likeness (QED) is 0.157. The molecular weight excluding hydrogens is 706 g/mol. The van der Waals surface area contributed by atoms with Crippen molar-refractivity contribution in [1.82, 2.24) is 19.9 Å². The standard InChI is InChI=1S/C40H43F4N5O5/c1-5-25-28(41)10-9-23-16-24(50)17-26(30(23)25)33-32(42)34-31(36(45-33)52-4)35(49-14-15-53-20-38(3,51)19-49)47-37(46-34)54-21-39-11-6-8-29(39)48(13-7-12-39)18-27-22(2)40(27,43)44/h1,9-10,16-17,22,27,29,50-51H,6-8,11-15,18-21H2,2-4H3.